The molecule has 9 heavy (non-hydrogen) atoms. The molecule has 0 saturated heterocycles. The summed E-state index contributed by atoms with van der Waals surface area (Å²) in [5, 5.41) is 0. The van der Waals surface area contributed by atoms with Crippen molar-refractivity contribution >= 4 is 0 Å². The van der Waals surface area contributed by atoms with Crippen molar-refractivity contribution < 1.29 is 0 Å². The molecule has 0 nitrogen and oxygen atoms in total. The van der Waals surface area contributed by atoms with Crippen LogP contribution in [0.4, 0.5) is 0 Å². The van der Waals surface area contributed by atoms with Crippen LogP contribution in [0.1, 0.15) is 20.3 Å². The van der Waals surface area contributed by atoms with E-state index < -0.39 is 0 Å². The fraction of sp³-hybridized carbons (Fsp3) is 0.444. The van der Waals surface area contributed by atoms with Crippen LogP contribution in [0.3, 0.4) is 0 Å². The zero-order valence-electron chi connectivity index (χ0n) is 6.09. The number of allylic oxidation sites excluding steroid dienone is 4. The van der Waals surface area contributed by atoms with Gasteiger partial charge in [-0.05, 0) is 18.3 Å². The van der Waals surface area contributed by atoms with Crippen LogP contribution >= 0.6 is 0 Å². The maximum absolute atomic E-state index is 2.24. The lowest BCUT2D eigenvalue weighted by atomic mass is 9.99. The van der Waals surface area contributed by atoms with Crippen LogP contribution in [0.25, 0.3) is 0 Å². The maximum Gasteiger partial charge on any atom is -0.00493 e. The second-order valence-electron chi connectivity index (χ2n) is 2.77. The van der Waals surface area contributed by atoms with Crippen LogP contribution in [0.15, 0.2) is 24.3 Å². The molecule has 0 aromatic rings. The van der Waals surface area contributed by atoms with Crippen molar-refractivity contribution in [3.63, 3.8) is 0 Å². The largest absolute Gasteiger partial charge is 0.0817 e. The van der Waals surface area contributed by atoms with Crippen molar-refractivity contribution in [3.05, 3.63) is 30.2 Å². The zero-order valence-corrected chi connectivity index (χ0v) is 6.09. The predicted octanol–water partition coefficient (Wildman–Crippen LogP) is 2.73. The average molecular weight is 121 g/mol. The molecular formula is C9H13. The van der Waals surface area contributed by atoms with Gasteiger partial charge in [-0.3, -0.25) is 0 Å². The van der Waals surface area contributed by atoms with Crippen LogP contribution in [-0.2, 0) is 0 Å². The standard InChI is InChI=1S/C9H13/c1-8-5-3-4-6-9(2)7-8/h3-6,8H,7H2,1-2H3. The maximum atomic E-state index is 2.24. The number of rotatable bonds is 0. The van der Waals surface area contributed by atoms with E-state index in [1.807, 2.05) is 0 Å². The van der Waals surface area contributed by atoms with E-state index in [4.69, 9.17) is 0 Å². The second-order valence-corrected chi connectivity index (χ2v) is 2.77. The van der Waals surface area contributed by atoms with E-state index >= 15 is 0 Å². The molecule has 0 N–H and O–H groups in total. The van der Waals surface area contributed by atoms with E-state index in [-0.39, 0.29) is 0 Å². The van der Waals surface area contributed by atoms with E-state index in [1.165, 1.54) is 12.3 Å². The molecule has 0 aliphatic heterocycles. The Hall–Kier alpha value is -0.520. The van der Waals surface area contributed by atoms with Gasteiger partial charge in [0.1, 0.15) is 0 Å². The summed E-state index contributed by atoms with van der Waals surface area (Å²) < 4.78 is 0. The summed E-state index contributed by atoms with van der Waals surface area (Å²) in [5.41, 5.74) is 0. The molecule has 1 atom stereocenters. The van der Waals surface area contributed by atoms with E-state index in [0.717, 1.165) is 5.92 Å². The molecule has 49 valence electrons. The lowest BCUT2D eigenvalue weighted by Crippen LogP contribution is -1.93. The third kappa shape index (κ3) is 2.05. The van der Waals surface area contributed by atoms with Crippen LogP contribution in [0.5, 0.6) is 0 Å². The summed E-state index contributed by atoms with van der Waals surface area (Å²) in [6.45, 7) is 4.42. The lowest BCUT2D eigenvalue weighted by Gasteiger charge is -2.06. The van der Waals surface area contributed by atoms with Crippen molar-refractivity contribution in [2.24, 2.45) is 5.92 Å². The minimum absolute atomic E-state index is 0.722. The van der Waals surface area contributed by atoms with Gasteiger partial charge in [0.05, 0.1) is 0 Å². The highest BCUT2D eigenvalue weighted by Gasteiger charge is 2.04. The van der Waals surface area contributed by atoms with Gasteiger partial charge in [0.2, 0.25) is 0 Å². The fourth-order valence-corrected chi connectivity index (χ4v) is 1.12. The van der Waals surface area contributed by atoms with E-state index in [9.17, 15) is 0 Å². The van der Waals surface area contributed by atoms with Crippen molar-refractivity contribution in [1.82, 2.24) is 0 Å². The van der Waals surface area contributed by atoms with Crippen molar-refractivity contribution in [3.8, 4) is 0 Å². The highest BCUT2D eigenvalue weighted by atomic mass is 14.1. The van der Waals surface area contributed by atoms with Gasteiger partial charge in [0.25, 0.3) is 0 Å². The minimum atomic E-state index is 0.722. The van der Waals surface area contributed by atoms with Gasteiger partial charge in [0, 0.05) is 0 Å². The molecule has 0 saturated carbocycles. The van der Waals surface area contributed by atoms with Crippen molar-refractivity contribution in [2.75, 3.05) is 0 Å². The fourth-order valence-electron chi connectivity index (χ4n) is 1.12. The average Bonchev–Trinajstić information content (AvgIpc) is 1.93. The molecule has 0 fully saturated rings. The van der Waals surface area contributed by atoms with E-state index in [2.05, 4.69) is 38.2 Å². The van der Waals surface area contributed by atoms with Gasteiger partial charge in [-0.2, -0.15) is 0 Å². The third-order valence-electron chi connectivity index (χ3n) is 1.58. The first-order chi connectivity index (χ1) is 4.29. The normalized spacial score (nSPS) is 28.4. The molecule has 0 bridgehead atoms. The Balaban J connectivity index is 2.54. The molecular weight excluding hydrogens is 108 g/mol. The highest BCUT2D eigenvalue weighted by Crippen LogP contribution is 2.18. The molecule has 1 aliphatic rings. The second kappa shape index (κ2) is 2.86. The topological polar surface area (TPSA) is 0 Å². The lowest BCUT2D eigenvalue weighted by molar-refractivity contribution is 0.685. The first-order valence-electron chi connectivity index (χ1n) is 3.46. The predicted molar refractivity (Wildman–Crippen MR) is 41.0 cm³/mol. The van der Waals surface area contributed by atoms with Crippen LogP contribution in [0.2, 0.25) is 0 Å². The molecule has 1 aliphatic carbocycles. The van der Waals surface area contributed by atoms with Crippen LogP contribution < -0.4 is 0 Å². The van der Waals surface area contributed by atoms with Gasteiger partial charge >= 0.3 is 0 Å². The van der Waals surface area contributed by atoms with Gasteiger partial charge < -0.3 is 0 Å². The van der Waals surface area contributed by atoms with E-state index in [1.54, 1.807) is 0 Å². The van der Waals surface area contributed by atoms with Crippen molar-refractivity contribution in [1.29, 1.82) is 0 Å². The summed E-state index contributed by atoms with van der Waals surface area (Å²) in [4.78, 5) is 0. The Morgan fingerprint density at radius 1 is 1.44 bits per heavy atom. The Labute approximate surface area is 57.3 Å². The molecule has 0 amide bonds. The quantitative estimate of drug-likeness (QED) is 0.462. The Kier molecular flexibility index (Phi) is 2.10. The number of hydrogen-bond acceptors (Lipinski definition) is 0. The van der Waals surface area contributed by atoms with Gasteiger partial charge in [-0.25, -0.2) is 0 Å². The molecule has 1 unspecified atom stereocenters. The van der Waals surface area contributed by atoms with Crippen molar-refractivity contribution in [2.45, 2.75) is 20.3 Å². The first-order valence-corrected chi connectivity index (χ1v) is 3.46. The molecule has 0 spiro atoms. The molecule has 0 aromatic heterocycles. The molecule has 0 heterocycles. The monoisotopic (exact) mass is 121 g/mol. The highest BCUT2D eigenvalue weighted by molar-refractivity contribution is 5.18. The summed E-state index contributed by atoms with van der Waals surface area (Å²) in [6.07, 6.45) is 9.88. The minimum Gasteiger partial charge on any atom is -0.0817 e. The smallest absolute Gasteiger partial charge is 0.00493 e. The molecule has 1 rings (SSSR count). The van der Waals surface area contributed by atoms with Gasteiger partial charge in [-0.15, -0.1) is 0 Å². The van der Waals surface area contributed by atoms with Gasteiger partial charge in [-0.1, -0.05) is 38.2 Å². The van der Waals surface area contributed by atoms with Crippen LogP contribution in [0, 0.1) is 11.8 Å². The number of hydrogen-bond donors (Lipinski definition) is 0. The molecule has 1 radical (unpaired) electrons. The molecule has 0 aromatic carbocycles. The SMILES string of the molecule is C[C]1C=CC=CC(C)C1. The Morgan fingerprint density at radius 3 is 3.00 bits per heavy atom. The Bertz CT molecular complexity index is 115. The first kappa shape index (κ1) is 6.60. The molecule has 0 heteroatoms. The zero-order chi connectivity index (χ0) is 6.69. The van der Waals surface area contributed by atoms with Crippen LogP contribution in [-0.4, -0.2) is 0 Å². The summed E-state index contributed by atoms with van der Waals surface area (Å²) in [6, 6.07) is 0. The summed E-state index contributed by atoms with van der Waals surface area (Å²) >= 11 is 0. The Morgan fingerprint density at radius 2 is 2.22 bits per heavy atom. The third-order valence-corrected chi connectivity index (χ3v) is 1.58. The summed E-state index contributed by atoms with van der Waals surface area (Å²) in [5.74, 6) is 2.20. The summed E-state index contributed by atoms with van der Waals surface area (Å²) in [7, 11) is 0. The van der Waals surface area contributed by atoms with E-state index in [0.29, 0.717) is 0 Å². The van der Waals surface area contributed by atoms with Gasteiger partial charge in [0.15, 0.2) is 0 Å².